The molecule has 1 saturated heterocycles. The second-order valence-corrected chi connectivity index (χ2v) is 9.06. The van der Waals surface area contributed by atoms with Gasteiger partial charge in [-0.2, -0.15) is 0 Å². The average Bonchev–Trinajstić information content (AvgIpc) is 2.72. The summed E-state index contributed by atoms with van der Waals surface area (Å²) in [7, 11) is 0. The van der Waals surface area contributed by atoms with Crippen LogP contribution < -0.4 is 11.1 Å². The van der Waals surface area contributed by atoms with Gasteiger partial charge in [-0.3, -0.25) is 9.59 Å². The third kappa shape index (κ3) is 2.74. The van der Waals surface area contributed by atoms with Crippen molar-refractivity contribution in [3.63, 3.8) is 0 Å². The molecular weight excluding hydrogens is 328 g/mol. The summed E-state index contributed by atoms with van der Waals surface area (Å²) in [6.45, 7) is 10.5. The fourth-order valence-corrected chi connectivity index (χ4v) is 4.72. The molecule has 2 aliphatic heterocycles. The Labute approximate surface area is 145 Å². The molecule has 2 amide bonds. The van der Waals surface area contributed by atoms with Crippen LogP contribution in [-0.2, 0) is 26.3 Å². The molecular formula is C17H24N2O4S. The van der Waals surface area contributed by atoms with Crippen LogP contribution in [0.2, 0.25) is 0 Å². The standard InChI is InChI=1S/C17H24N2O4S/c1-15(2)6-9-10(12(18)20)13(24-11(9)16(3,4)23-15)19-14(21)17(5)7-22-8-17/h6-8H2,1-5H3,(H2,18,20)(H,19,21). The number of fused-ring (bicyclic) bond motifs is 1. The van der Waals surface area contributed by atoms with Gasteiger partial charge in [-0.05, 0) is 40.2 Å². The molecule has 1 aromatic heterocycles. The van der Waals surface area contributed by atoms with Crippen LogP contribution >= 0.6 is 11.3 Å². The molecule has 0 radical (unpaired) electrons. The van der Waals surface area contributed by atoms with Crippen LogP contribution in [0.4, 0.5) is 5.00 Å². The van der Waals surface area contributed by atoms with Crippen LogP contribution in [0.5, 0.6) is 0 Å². The second kappa shape index (κ2) is 5.28. The zero-order valence-corrected chi connectivity index (χ0v) is 15.6. The van der Waals surface area contributed by atoms with Gasteiger partial charge in [0.1, 0.15) is 5.00 Å². The highest BCUT2D eigenvalue weighted by atomic mass is 32.1. The van der Waals surface area contributed by atoms with Crippen LogP contribution in [0.15, 0.2) is 0 Å². The molecule has 2 aliphatic rings. The van der Waals surface area contributed by atoms with Crippen molar-refractivity contribution in [2.75, 3.05) is 18.5 Å². The van der Waals surface area contributed by atoms with E-state index in [1.165, 1.54) is 11.3 Å². The van der Waals surface area contributed by atoms with Crippen molar-refractivity contribution in [3.05, 3.63) is 16.0 Å². The van der Waals surface area contributed by atoms with Crippen LogP contribution in [0.25, 0.3) is 0 Å². The Morgan fingerprint density at radius 2 is 1.79 bits per heavy atom. The zero-order valence-electron chi connectivity index (χ0n) is 14.7. The fraction of sp³-hybridized carbons (Fsp3) is 0.647. The molecule has 132 valence electrons. The van der Waals surface area contributed by atoms with E-state index in [-0.39, 0.29) is 5.91 Å². The highest BCUT2D eigenvalue weighted by molar-refractivity contribution is 7.17. The third-order valence-electron chi connectivity index (χ3n) is 4.55. The number of hydrogen-bond donors (Lipinski definition) is 2. The summed E-state index contributed by atoms with van der Waals surface area (Å²) in [5, 5.41) is 3.41. The SMILES string of the molecule is CC1(C)Cc2c(sc(NC(=O)C3(C)COC3)c2C(N)=O)C(C)(C)O1. The number of ether oxygens (including phenoxy) is 2. The van der Waals surface area contributed by atoms with E-state index in [9.17, 15) is 9.59 Å². The zero-order chi connectivity index (χ0) is 17.9. The molecule has 3 heterocycles. The van der Waals surface area contributed by atoms with Gasteiger partial charge < -0.3 is 20.5 Å². The Balaban J connectivity index is 2.04. The van der Waals surface area contributed by atoms with Gasteiger partial charge in [-0.1, -0.05) is 0 Å². The monoisotopic (exact) mass is 352 g/mol. The van der Waals surface area contributed by atoms with Gasteiger partial charge in [0.15, 0.2) is 0 Å². The lowest BCUT2D eigenvalue weighted by atomic mass is 9.86. The first-order chi connectivity index (χ1) is 11.0. The van der Waals surface area contributed by atoms with E-state index in [0.717, 1.165) is 10.4 Å². The first-order valence-electron chi connectivity index (χ1n) is 8.00. The summed E-state index contributed by atoms with van der Waals surface area (Å²) >= 11 is 1.38. The molecule has 1 fully saturated rings. The van der Waals surface area contributed by atoms with Gasteiger partial charge in [0, 0.05) is 11.3 Å². The van der Waals surface area contributed by atoms with E-state index in [4.69, 9.17) is 15.2 Å². The molecule has 0 saturated carbocycles. The maximum atomic E-state index is 12.5. The summed E-state index contributed by atoms with van der Waals surface area (Å²) in [5.41, 5.74) is 5.44. The van der Waals surface area contributed by atoms with E-state index in [2.05, 4.69) is 5.32 Å². The molecule has 7 heteroatoms. The molecule has 6 nitrogen and oxygen atoms in total. The van der Waals surface area contributed by atoms with Gasteiger partial charge >= 0.3 is 0 Å². The summed E-state index contributed by atoms with van der Waals surface area (Å²) in [6.07, 6.45) is 0.580. The predicted octanol–water partition coefficient (Wildman–Crippen LogP) is 2.41. The second-order valence-electron chi connectivity index (χ2n) is 8.03. The number of amides is 2. The van der Waals surface area contributed by atoms with Crippen molar-refractivity contribution in [2.45, 2.75) is 52.2 Å². The Bertz CT molecular complexity index is 716. The first kappa shape index (κ1) is 17.4. The average molecular weight is 352 g/mol. The van der Waals surface area contributed by atoms with Crippen LogP contribution in [-0.4, -0.2) is 30.6 Å². The number of nitrogens with one attached hydrogen (secondary N) is 1. The molecule has 0 atom stereocenters. The van der Waals surface area contributed by atoms with Crippen LogP contribution in [0.1, 0.15) is 55.4 Å². The topological polar surface area (TPSA) is 90.6 Å². The van der Waals surface area contributed by atoms with E-state index in [0.29, 0.717) is 30.2 Å². The lowest BCUT2D eigenvalue weighted by Gasteiger charge is -2.41. The third-order valence-corrected chi connectivity index (χ3v) is 6.00. The number of anilines is 1. The van der Waals surface area contributed by atoms with Gasteiger partial charge in [-0.15, -0.1) is 11.3 Å². The fourth-order valence-electron chi connectivity index (χ4n) is 3.46. The molecule has 0 unspecified atom stereocenters. The van der Waals surface area contributed by atoms with E-state index < -0.39 is 22.5 Å². The molecule has 3 N–H and O–H groups in total. The first-order valence-corrected chi connectivity index (χ1v) is 8.82. The molecule has 24 heavy (non-hydrogen) atoms. The van der Waals surface area contributed by atoms with E-state index in [1.54, 1.807) is 0 Å². The molecule has 0 aromatic carbocycles. The van der Waals surface area contributed by atoms with Crippen molar-refractivity contribution in [1.82, 2.24) is 0 Å². The minimum Gasteiger partial charge on any atom is -0.379 e. The minimum absolute atomic E-state index is 0.146. The lowest BCUT2D eigenvalue weighted by molar-refractivity contribution is -0.151. The minimum atomic E-state index is -0.551. The number of nitrogens with two attached hydrogens (primary N) is 1. The number of thiophene rings is 1. The number of carbonyl (C=O) groups excluding carboxylic acids is 2. The number of carbonyl (C=O) groups is 2. The predicted molar refractivity (Wildman–Crippen MR) is 92.3 cm³/mol. The van der Waals surface area contributed by atoms with Crippen LogP contribution in [0.3, 0.4) is 0 Å². The molecule has 3 rings (SSSR count). The Hall–Kier alpha value is -1.44. The Morgan fingerprint density at radius 3 is 2.29 bits per heavy atom. The molecule has 1 aromatic rings. The van der Waals surface area contributed by atoms with Crippen molar-refractivity contribution >= 4 is 28.2 Å². The summed E-state index contributed by atoms with van der Waals surface area (Å²) in [5.74, 6) is -0.667. The normalized spacial score (nSPS) is 23.0. The van der Waals surface area contributed by atoms with Crippen molar-refractivity contribution < 1.29 is 19.1 Å². The molecule has 0 bridgehead atoms. The summed E-state index contributed by atoms with van der Waals surface area (Å²) in [4.78, 5) is 25.6. The van der Waals surface area contributed by atoms with Crippen molar-refractivity contribution in [1.29, 1.82) is 0 Å². The highest BCUT2D eigenvalue weighted by Crippen LogP contribution is 2.48. The van der Waals surface area contributed by atoms with E-state index >= 15 is 0 Å². The van der Waals surface area contributed by atoms with Crippen molar-refractivity contribution in [3.8, 4) is 0 Å². The quantitative estimate of drug-likeness (QED) is 0.874. The molecule has 0 spiro atoms. The molecule has 0 aliphatic carbocycles. The van der Waals surface area contributed by atoms with Gasteiger partial charge in [0.05, 0.1) is 35.4 Å². The number of primary amides is 1. The maximum Gasteiger partial charge on any atom is 0.251 e. The largest absolute Gasteiger partial charge is 0.379 e. The lowest BCUT2D eigenvalue weighted by Crippen LogP contribution is -2.49. The number of hydrogen-bond acceptors (Lipinski definition) is 5. The van der Waals surface area contributed by atoms with Gasteiger partial charge in [-0.25, -0.2) is 0 Å². The van der Waals surface area contributed by atoms with Gasteiger partial charge in [0.25, 0.3) is 5.91 Å². The van der Waals surface area contributed by atoms with Crippen molar-refractivity contribution in [2.24, 2.45) is 11.1 Å². The number of rotatable bonds is 3. The van der Waals surface area contributed by atoms with Gasteiger partial charge in [0.2, 0.25) is 5.91 Å². The highest BCUT2D eigenvalue weighted by Gasteiger charge is 2.45. The summed E-state index contributed by atoms with van der Waals surface area (Å²) < 4.78 is 11.3. The Morgan fingerprint density at radius 1 is 1.17 bits per heavy atom. The maximum absolute atomic E-state index is 12.5. The van der Waals surface area contributed by atoms with E-state index in [1.807, 2.05) is 34.6 Å². The summed E-state index contributed by atoms with van der Waals surface area (Å²) in [6, 6.07) is 0. The van der Waals surface area contributed by atoms with Crippen LogP contribution in [0, 0.1) is 5.41 Å². The Kier molecular flexibility index (Phi) is 3.82. The smallest absolute Gasteiger partial charge is 0.251 e.